The van der Waals surface area contributed by atoms with E-state index in [4.69, 9.17) is 9.16 Å². The molecule has 2 N–H and O–H groups in total. The number of amides is 2. The fourth-order valence-corrected chi connectivity index (χ4v) is 14.5. The van der Waals surface area contributed by atoms with E-state index < -0.39 is 20.2 Å². The average molecular weight is 868 g/mol. The van der Waals surface area contributed by atoms with Crippen molar-refractivity contribution in [3.8, 4) is 5.75 Å². The van der Waals surface area contributed by atoms with Crippen LogP contribution in [0.4, 0.5) is 17.1 Å². The van der Waals surface area contributed by atoms with Gasteiger partial charge < -0.3 is 19.6 Å². The number of halogens is 1. The molecule has 0 saturated carbocycles. The number of carbonyl (C=O) groups is 2. The van der Waals surface area contributed by atoms with E-state index >= 15 is 0 Å². The Morgan fingerprint density at radius 2 is 1.46 bits per heavy atom. The van der Waals surface area contributed by atoms with Gasteiger partial charge in [0.05, 0.1) is 36.8 Å². The van der Waals surface area contributed by atoms with Gasteiger partial charge in [-0.05, 0) is 107 Å². The zero-order chi connectivity index (χ0) is 41.3. The number of carbonyl (C=O) groups excluding carboxylic acids is 2. The van der Waals surface area contributed by atoms with Crippen LogP contribution < -0.4 is 20.6 Å². The number of rotatable bonds is 12. The summed E-state index contributed by atoms with van der Waals surface area (Å²) in [5, 5.41) is 16.1. The van der Waals surface area contributed by atoms with Gasteiger partial charge in [-0.25, -0.2) is 0 Å². The molecule has 1 aliphatic carbocycles. The third-order valence-electron chi connectivity index (χ3n) is 12.3. The van der Waals surface area contributed by atoms with Crippen LogP contribution >= 0.6 is 15.9 Å². The molecule has 59 heavy (non-hydrogen) atoms. The number of aromatic hydroxyl groups is 1. The molecule has 302 valence electrons. The molecule has 3 aliphatic rings. The Kier molecular flexibility index (Phi) is 11.7. The second-order valence-corrected chi connectivity index (χ2v) is 22.3. The molecule has 0 spiro atoms. The van der Waals surface area contributed by atoms with Crippen LogP contribution in [0.1, 0.15) is 52.5 Å². The molecule has 0 bridgehead atoms. The van der Waals surface area contributed by atoms with Crippen molar-refractivity contribution in [3.63, 3.8) is 0 Å². The molecular weight excluding hydrogens is 817 g/mol. The summed E-state index contributed by atoms with van der Waals surface area (Å²) in [5.74, 6) is -1.37. The first-order valence-electron chi connectivity index (χ1n) is 20.5. The maximum atomic E-state index is 14.6. The second-order valence-electron chi connectivity index (χ2n) is 17.1. The van der Waals surface area contributed by atoms with Crippen molar-refractivity contribution in [1.29, 1.82) is 0 Å². The highest BCUT2D eigenvalue weighted by Crippen LogP contribution is 2.51. The third-order valence-corrected chi connectivity index (χ3v) is 17.7. The van der Waals surface area contributed by atoms with Gasteiger partial charge >= 0.3 is 0 Å². The lowest BCUT2D eigenvalue weighted by Gasteiger charge is -2.44. The van der Waals surface area contributed by atoms with Crippen LogP contribution in [0.2, 0.25) is 5.04 Å². The number of hydrogen-bond donors (Lipinski definition) is 2. The molecule has 2 aliphatic heterocycles. The Bertz CT molecular complexity index is 2340. The fourth-order valence-electron chi connectivity index (χ4n) is 9.54. The van der Waals surface area contributed by atoms with E-state index in [1.165, 1.54) is 15.3 Å². The molecule has 0 aromatic heterocycles. The lowest BCUT2D eigenvalue weighted by atomic mass is 9.69. The summed E-state index contributed by atoms with van der Waals surface area (Å²) >= 11 is 3.53. The van der Waals surface area contributed by atoms with Crippen molar-refractivity contribution in [2.24, 2.45) is 17.8 Å². The molecule has 0 radical (unpaired) electrons. The smallest absolute Gasteiger partial charge is 0.261 e. The van der Waals surface area contributed by atoms with Gasteiger partial charge in [-0.3, -0.25) is 14.5 Å². The number of phenols is 1. The number of hydrogen-bond acceptors (Lipinski definition) is 6. The van der Waals surface area contributed by atoms with Crippen LogP contribution in [0.15, 0.2) is 155 Å². The van der Waals surface area contributed by atoms with Crippen molar-refractivity contribution in [3.05, 3.63) is 160 Å². The zero-order valence-electron chi connectivity index (χ0n) is 34.0. The monoisotopic (exact) mass is 866 g/mol. The third kappa shape index (κ3) is 8.01. The number of nitrogens with zero attached hydrogens (tertiary/aromatic N) is 1. The molecular formula is C50H51BrN2O5Si. The number of imide groups is 1. The first-order chi connectivity index (χ1) is 28.4. The number of nitrogens with one attached hydrogen (secondary N) is 1. The summed E-state index contributed by atoms with van der Waals surface area (Å²) in [4.78, 5) is 30.5. The summed E-state index contributed by atoms with van der Waals surface area (Å²) in [6.45, 7) is 9.59. The van der Waals surface area contributed by atoms with Crippen molar-refractivity contribution in [2.45, 2.75) is 58.1 Å². The Morgan fingerprint density at radius 3 is 2.08 bits per heavy atom. The number of ether oxygens (including phenoxy) is 1. The Hall–Kier alpha value is -5.06. The SMILES string of the molecule is C/C(=C\c1cc(Br)ccc1O)CC[C@H]1OC[C@H]2C1=C(CO[Si](c1ccccc1)(c1ccccc1)C(C)(C)C)C[C@H]1C(=O)N(c3ccc(Nc4ccccc4)cc3)C(=O)[C@H]12. The topological polar surface area (TPSA) is 88.1 Å². The first kappa shape index (κ1) is 40.7. The van der Waals surface area contributed by atoms with E-state index in [9.17, 15) is 14.7 Å². The highest BCUT2D eigenvalue weighted by atomic mass is 79.9. The largest absolute Gasteiger partial charge is 0.507 e. The highest BCUT2D eigenvalue weighted by molar-refractivity contribution is 9.10. The molecule has 4 atom stereocenters. The maximum Gasteiger partial charge on any atom is 0.261 e. The van der Waals surface area contributed by atoms with Crippen LogP contribution in [0.3, 0.4) is 0 Å². The van der Waals surface area contributed by atoms with E-state index in [1.54, 1.807) is 6.07 Å². The second kappa shape index (κ2) is 16.9. The van der Waals surface area contributed by atoms with Gasteiger partial charge in [0.1, 0.15) is 5.75 Å². The Morgan fingerprint density at radius 1 is 0.847 bits per heavy atom. The number of fused-ring (bicyclic) bond motifs is 3. The van der Waals surface area contributed by atoms with Gasteiger partial charge in [-0.15, -0.1) is 0 Å². The summed E-state index contributed by atoms with van der Waals surface area (Å²) < 4.78 is 15.1. The molecule has 5 aromatic carbocycles. The predicted octanol–water partition coefficient (Wildman–Crippen LogP) is 10.2. The minimum absolute atomic E-state index is 0.163. The van der Waals surface area contributed by atoms with E-state index in [0.29, 0.717) is 31.7 Å². The van der Waals surface area contributed by atoms with Gasteiger partial charge in [-0.1, -0.05) is 127 Å². The number of phenolic OH excluding ortho intramolecular Hbond substituents is 1. The molecule has 9 heteroatoms. The van der Waals surface area contributed by atoms with Crippen molar-refractivity contribution >= 4 is 69.6 Å². The first-order valence-corrected chi connectivity index (χ1v) is 23.2. The zero-order valence-corrected chi connectivity index (χ0v) is 36.6. The normalized spacial score (nSPS) is 20.8. The van der Waals surface area contributed by atoms with Crippen LogP contribution in [-0.4, -0.2) is 44.6 Å². The quantitative estimate of drug-likeness (QED) is 0.0738. The predicted molar refractivity (Wildman–Crippen MR) is 243 cm³/mol. The number of allylic oxidation sites excluding steroid dienone is 1. The van der Waals surface area contributed by atoms with Gasteiger partial charge in [0.15, 0.2) is 0 Å². The minimum atomic E-state index is -2.93. The highest BCUT2D eigenvalue weighted by Gasteiger charge is 2.58. The Labute approximate surface area is 357 Å². The average Bonchev–Trinajstić information content (AvgIpc) is 3.77. The molecule has 2 saturated heterocycles. The molecule has 2 amide bonds. The van der Waals surface area contributed by atoms with Crippen molar-refractivity contribution in [1.82, 2.24) is 0 Å². The van der Waals surface area contributed by atoms with Gasteiger partial charge in [0.2, 0.25) is 11.8 Å². The van der Waals surface area contributed by atoms with E-state index in [0.717, 1.165) is 44.6 Å². The lowest BCUT2D eigenvalue weighted by Crippen LogP contribution is -2.66. The van der Waals surface area contributed by atoms with Crippen LogP contribution in [-0.2, 0) is 18.8 Å². The van der Waals surface area contributed by atoms with Gasteiger partial charge in [0, 0.05) is 27.3 Å². The molecule has 2 fully saturated rings. The molecule has 7 nitrogen and oxygen atoms in total. The summed E-state index contributed by atoms with van der Waals surface area (Å²) in [6.07, 6.45) is 3.64. The van der Waals surface area contributed by atoms with E-state index in [-0.39, 0.29) is 34.6 Å². The van der Waals surface area contributed by atoms with E-state index in [1.807, 2.05) is 84.9 Å². The number of para-hydroxylation sites is 1. The van der Waals surface area contributed by atoms with Gasteiger partial charge in [-0.2, -0.15) is 0 Å². The summed E-state index contributed by atoms with van der Waals surface area (Å²) in [6, 6.07) is 44.1. The molecule has 2 heterocycles. The van der Waals surface area contributed by atoms with Crippen LogP contribution in [0.5, 0.6) is 5.75 Å². The number of anilines is 3. The van der Waals surface area contributed by atoms with Gasteiger partial charge in [0.25, 0.3) is 8.32 Å². The number of benzene rings is 5. The summed E-state index contributed by atoms with van der Waals surface area (Å²) in [7, 11) is -2.93. The molecule has 5 aromatic rings. The minimum Gasteiger partial charge on any atom is -0.507 e. The molecule has 8 rings (SSSR count). The fraction of sp³-hybridized carbons (Fsp3) is 0.280. The van der Waals surface area contributed by atoms with Crippen LogP contribution in [0, 0.1) is 17.8 Å². The van der Waals surface area contributed by atoms with Crippen molar-refractivity contribution < 1.29 is 23.9 Å². The standard InChI is InChI=1S/C50H51BrN2O5Si/c1-33(28-34-29-36(51)21-26-44(34)54)20-27-45-46-35(31-58-59(50(2,3)4,40-16-10-6-11-17-40)41-18-12-7-13-19-41)30-42-47(43(46)32-57-45)49(56)53(48(42)55)39-24-22-38(23-25-39)52-37-14-8-5-9-15-37/h5-19,21-26,28-29,42-43,45,47,52,54H,20,27,30-32H2,1-4H3/b33-28+/t42-,43+,45-,47-/m1/s1. The summed E-state index contributed by atoms with van der Waals surface area (Å²) in [5.41, 5.74) is 6.45. The van der Waals surface area contributed by atoms with E-state index in [2.05, 4.69) is 97.5 Å². The molecule has 0 unspecified atom stereocenters. The van der Waals surface area contributed by atoms with Crippen LogP contribution in [0.25, 0.3) is 6.08 Å². The lowest BCUT2D eigenvalue weighted by molar-refractivity contribution is -0.122. The van der Waals surface area contributed by atoms with Crippen molar-refractivity contribution in [2.75, 3.05) is 23.4 Å². The maximum absolute atomic E-state index is 14.6. The Balaban J connectivity index is 1.13.